The third kappa shape index (κ3) is 4.91. The number of H-pyrrole nitrogens is 1. The molecule has 3 heterocycles. The van der Waals surface area contributed by atoms with Gasteiger partial charge in [-0.3, -0.25) is 4.79 Å². The Morgan fingerprint density at radius 3 is 2.80 bits per heavy atom. The van der Waals surface area contributed by atoms with Crippen molar-refractivity contribution in [2.45, 2.75) is 38.8 Å². The number of thiazole rings is 1. The molecule has 0 aliphatic carbocycles. The number of ether oxygens (including phenoxy) is 2. The predicted octanol–water partition coefficient (Wildman–Crippen LogP) is 3.68. The first-order valence-electron chi connectivity index (χ1n) is 9.60. The van der Waals surface area contributed by atoms with Crippen LogP contribution in [0.3, 0.4) is 0 Å². The lowest BCUT2D eigenvalue weighted by Crippen LogP contribution is -2.55. The van der Waals surface area contributed by atoms with Crippen LogP contribution in [0.2, 0.25) is 10.0 Å². The Morgan fingerprint density at radius 2 is 2.17 bits per heavy atom. The van der Waals surface area contributed by atoms with Gasteiger partial charge in [-0.25, -0.2) is 9.78 Å². The zero-order valence-electron chi connectivity index (χ0n) is 17.0. The molecule has 1 amide bonds. The summed E-state index contributed by atoms with van der Waals surface area (Å²) in [6.07, 6.45) is 2.79. The van der Waals surface area contributed by atoms with E-state index in [0.717, 1.165) is 11.6 Å². The molecule has 0 unspecified atom stereocenters. The summed E-state index contributed by atoms with van der Waals surface area (Å²) >= 11 is 13.5. The minimum Gasteiger partial charge on any atom is -0.465 e. The van der Waals surface area contributed by atoms with Gasteiger partial charge in [0.2, 0.25) is 0 Å². The number of aromatic nitrogens is 2. The van der Waals surface area contributed by atoms with Crippen LogP contribution in [0.25, 0.3) is 0 Å². The molecule has 2 aromatic heterocycles. The predicted molar refractivity (Wildman–Crippen MR) is 117 cm³/mol. The molecule has 1 aliphatic heterocycles. The summed E-state index contributed by atoms with van der Waals surface area (Å²) in [6, 6.07) is -0.196. The Bertz CT molecular complexity index is 916. The van der Waals surface area contributed by atoms with E-state index >= 15 is 0 Å². The molecule has 8 nitrogen and oxygen atoms in total. The van der Waals surface area contributed by atoms with Crippen molar-refractivity contribution in [1.29, 1.82) is 0 Å². The van der Waals surface area contributed by atoms with Crippen molar-refractivity contribution in [2.24, 2.45) is 0 Å². The molecule has 1 fully saturated rings. The fourth-order valence-corrected chi connectivity index (χ4v) is 4.55. The number of nitrogens with one attached hydrogen (secondary N) is 2. The highest BCUT2D eigenvalue weighted by Gasteiger charge is 2.33. The number of hydrogen-bond acceptors (Lipinski definition) is 7. The first-order chi connectivity index (χ1) is 14.3. The van der Waals surface area contributed by atoms with Crippen LogP contribution in [0.1, 0.15) is 45.6 Å². The number of nitrogens with zero attached hydrogens (tertiary/aromatic N) is 2. The number of halogens is 2. The number of carbonyl (C=O) groups is 2. The lowest BCUT2D eigenvalue weighted by Gasteiger charge is -2.38. The fraction of sp³-hybridized carbons (Fsp3) is 0.526. The molecule has 11 heteroatoms. The highest BCUT2D eigenvalue weighted by molar-refractivity contribution is 7.17. The van der Waals surface area contributed by atoms with Crippen LogP contribution in [-0.2, 0) is 9.47 Å². The van der Waals surface area contributed by atoms with Crippen LogP contribution in [-0.4, -0.2) is 60.8 Å². The zero-order chi connectivity index (χ0) is 21.8. The van der Waals surface area contributed by atoms with Gasteiger partial charge in [0.25, 0.3) is 5.91 Å². The van der Waals surface area contributed by atoms with Crippen molar-refractivity contribution in [1.82, 2.24) is 15.3 Å². The maximum absolute atomic E-state index is 12.8. The fourth-order valence-electron chi connectivity index (χ4n) is 3.27. The molecular formula is C19H24Cl2N4O4S. The molecule has 0 aromatic carbocycles. The Hall–Kier alpha value is -1.81. The van der Waals surface area contributed by atoms with Gasteiger partial charge in [0.05, 0.1) is 35.5 Å². The molecule has 1 aliphatic rings. The van der Waals surface area contributed by atoms with E-state index in [4.69, 9.17) is 32.7 Å². The Balaban J connectivity index is 1.71. The lowest BCUT2D eigenvalue weighted by atomic mass is 10.0. The van der Waals surface area contributed by atoms with E-state index in [-0.39, 0.29) is 28.8 Å². The molecule has 164 valence electrons. The SMILES string of the molecule is CCCO[C@@H]1CN(c2ncc(C(=O)OC)s2)CC[C@@H]1NC(=O)c1[nH]c(C)c(Cl)c1Cl. The lowest BCUT2D eigenvalue weighted by molar-refractivity contribution is 0.0205. The van der Waals surface area contributed by atoms with E-state index < -0.39 is 5.97 Å². The van der Waals surface area contributed by atoms with Crippen molar-refractivity contribution < 1.29 is 19.1 Å². The van der Waals surface area contributed by atoms with Crippen LogP contribution < -0.4 is 10.2 Å². The van der Waals surface area contributed by atoms with E-state index in [1.807, 2.05) is 6.92 Å². The number of anilines is 1. The monoisotopic (exact) mass is 474 g/mol. The average Bonchev–Trinajstić information content (AvgIpc) is 3.33. The summed E-state index contributed by atoms with van der Waals surface area (Å²) in [5.74, 6) is -0.725. The van der Waals surface area contributed by atoms with Gasteiger partial charge in [0.1, 0.15) is 10.6 Å². The molecule has 2 aromatic rings. The third-order valence-corrected chi connectivity index (χ3v) is 6.83. The van der Waals surface area contributed by atoms with Crippen molar-refractivity contribution >= 4 is 51.5 Å². The topological polar surface area (TPSA) is 96.5 Å². The number of methoxy groups -OCH3 is 1. The normalized spacial score (nSPS) is 19.0. The number of aromatic amines is 1. The Morgan fingerprint density at radius 1 is 1.40 bits per heavy atom. The summed E-state index contributed by atoms with van der Waals surface area (Å²) < 4.78 is 10.8. The smallest absolute Gasteiger partial charge is 0.349 e. The number of carbonyl (C=O) groups excluding carboxylic acids is 2. The van der Waals surface area contributed by atoms with E-state index in [2.05, 4.69) is 20.2 Å². The van der Waals surface area contributed by atoms with Crippen LogP contribution >= 0.6 is 34.5 Å². The van der Waals surface area contributed by atoms with Gasteiger partial charge >= 0.3 is 5.97 Å². The summed E-state index contributed by atoms with van der Waals surface area (Å²) in [5.41, 5.74) is 0.893. The maximum Gasteiger partial charge on any atom is 0.349 e. The van der Waals surface area contributed by atoms with Crippen LogP contribution in [0.4, 0.5) is 5.13 Å². The molecular weight excluding hydrogens is 451 g/mol. The second kappa shape index (κ2) is 10.00. The highest BCUT2D eigenvalue weighted by atomic mass is 35.5. The molecule has 0 bridgehead atoms. The molecule has 0 spiro atoms. The minimum absolute atomic E-state index is 0.196. The zero-order valence-corrected chi connectivity index (χ0v) is 19.3. The summed E-state index contributed by atoms with van der Waals surface area (Å²) in [4.78, 5) is 34.3. The van der Waals surface area contributed by atoms with Gasteiger partial charge < -0.3 is 24.7 Å². The second-order valence-corrected chi connectivity index (χ2v) is 8.74. The first kappa shape index (κ1) is 22.9. The molecule has 2 atom stereocenters. The summed E-state index contributed by atoms with van der Waals surface area (Å²) in [5, 5.41) is 4.31. The summed E-state index contributed by atoms with van der Waals surface area (Å²) in [7, 11) is 1.34. The van der Waals surface area contributed by atoms with Gasteiger partial charge in [-0.1, -0.05) is 41.5 Å². The molecule has 2 N–H and O–H groups in total. The molecule has 0 saturated carbocycles. The van der Waals surface area contributed by atoms with Gasteiger partial charge in [-0.05, 0) is 19.8 Å². The number of rotatable bonds is 7. The Kier molecular flexibility index (Phi) is 7.62. The van der Waals surface area contributed by atoms with Crippen molar-refractivity contribution in [3.63, 3.8) is 0 Å². The van der Waals surface area contributed by atoms with E-state index in [1.165, 1.54) is 24.6 Å². The highest BCUT2D eigenvalue weighted by Crippen LogP contribution is 2.30. The largest absolute Gasteiger partial charge is 0.465 e. The van der Waals surface area contributed by atoms with Crippen molar-refractivity contribution in [3.8, 4) is 0 Å². The molecule has 1 saturated heterocycles. The standard InChI is InChI=1S/C19H24Cl2N4O4S/c1-4-7-29-12-9-25(19-22-8-13(30-19)18(27)28-3)6-5-11(12)24-17(26)16-15(21)14(20)10(2)23-16/h8,11-12,23H,4-7,9H2,1-3H3,(H,24,26)/t11-,12+/m0/s1. The third-order valence-electron chi connectivity index (χ3n) is 4.84. The van der Waals surface area contributed by atoms with Crippen molar-refractivity contribution in [3.05, 3.63) is 32.5 Å². The maximum atomic E-state index is 12.8. The van der Waals surface area contributed by atoms with E-state index in [1.54, 1.807) is 6.92 Å². The number of esters is 1. The first-order valence-corrected chi connectivity index (χ1v) is 11.2. The Labute approximate surface area is 188 Å². The van der Waals surface area contributed by atoms with Gasteiger partial charge in [0.15, 0.2) is 5.13 Å². The van der Waals surface area contributed by atoms with Crippen molar-refractivity contribution in [2.75, 3.05) is 31.7 Å². The average molecular weight is 475 g/mol. The second-order valence-electron chi connectivity index (χ2n) is 6.98. The van der Waals surface area contributed by atoms with Crippen LogP contribution in [0.15, 0.2) is 6.20 Å². The number of aryl methyl sites for hydroxylation is 1. The van der Waals surface area contributed by atoms with Gasteiger partial charge in [-0.15, -0.1) is 0 Å². The molecule has 3 rings (SSSR count). The van der Waals surface area contributed by atoms with Crippen LogP contribution in [0.5, 0.6) is 0 Å². The number of amides is 1. The van der Waals surface area contributed by atoms with E-state index in [0.29, 0.717) is 41.7 Å². The number of piperidine rings is 1. The molecule has 30 heavy (non-hydrogen) atoms. The van der Waals surface area contributed by atoms with Gasteiger partial charge in [-0.2, -0.15) is 0 Å². The van der Waals surface area contributed by atoms with E-state index in [9.17, 15) is 9.59 Å². The van der Waals surface area contributed by atoms with Crippen LogP contribution in [0, 0.1) is 6.92 Å². The quantitative estimate of drug-likeness (QED) is 0.594. The molecule has 0 radical (unpaired) electrons. The number of hydrogen-bond donors (Lipinski definition) is 2. The minimum atomic E-state index is -0.406. The summed E-state index contributed by atoms with van der Waals surface area (Å²) in [6.45, 7) is 5.55. The van der Waals surface area contributed by atoms with Gasteiger partial charge in [0, 0.05) is 25.4 Å².